The van der Waals surface area contributed by atoms with Crippen LogP contribution in [0.1, 0.15) is 38.3 Å². The van der Waals surface area contributed by atoms with Crippen LogP contribution in [-0.4, -0.2) is 4.98 Å². The minimum absolute atomic E-state index is 0.225. The fourth-order valence-electron chi connectivity index (χ4n) is 2.08. The van der Waals surface area contributed by atoms with Crippen molar-refractivity contribution in [2.75, 3.05) is 0 Å². The predicted molar refractivity (Wildman–Crippen MR) is 71.2 cm³/mol. The third-order valence-corrected chi connectivity index (χ3v) is 2.96. The predicted octanol–water partition coefficient (Wildman–Crippen LogP) is 3.85. The average molecular weight is 230 g/mol. The zero-order chi connectivity index (χ0) is 17.9. The van der Waals surface area contributed by atoms with Crippen molar-refractivity contribution in [1.82, 2.24) is 4.98 Å². The molecule has 1 aliphatic rings. The molecule has 3 rings (SSSR count). The van der Waals surface area contributed by atoms with Crippen molar-refractivity contribution in [3.63, 3.8) is 0 Å². The fourth-order valence-corrected chi connectivity index (χ4v) is 2.08. The molecule has 0 radical (unpaired) electrons. The van der Waals surface area contributed by atoms with Crippen molar-refractivity contribution in [2.24, 2.45) is 0 Å². The topological polar surface area (TPSA) is 12.9 Å². The second-order valence-corrected chi connectivity index (χ2v) is 4.18. The van der Waals surface area contributed by atoms with Crippen molar-refractivity contribution in [1.29, 1.82) is 0 Å². The first-order valence-corrected chi connectivity index (χ1v) is 5.54. The van der Waals surface area contributed by atoms with Gasteiger partial charge in [0.25, 0.3) is 0 Å². The van der Waals surface area contributed by atoms with E-state index >= 15 is 0 Å². The van der Waals surface area contributed by atoms with Crippen LogP contribution in [0.15, 0.2) is 30.5 Å². The lowest BCUT2D eigenvalue weighted by Crippen LogP contribution is -1.91. The van der Waals surface area contributed by atoms with Gasteiger partial charge in [-0.25, -0.2) is 0 Å². The smallest absolute Gasteiger partial charge is 0.0707 e. The Morgan fingerprint density at radius 1 is 1.24 bits per heavy atom. The van der Waals surface area contributed by atoms with Crippen LogP contribution in [0.4, 0.5) is 0 Å². The maximum atomic E-state index is 8.08. The largest absolute Gasteiger partial charge is 0.256 e. The van der Waals surface area contributed by atoms with E-state index in [9.17, 15) is 0 Å². The Kier molecular flexibility index (Phi) is 1.25. The van der Waals surface area contributed by atoms with Crippen molar-refractivity contribution < 1.29 is 9.60 Å². The first-order valence-electron chi connectivity index (χ1n) is 9.04. The quantitative estimate of drug-likeness (QED) is 0.725. The molecular formula is C16H17N. The van der Waals surface area contributed by atoms with Crippen molar-refractivity contribution in [3.8, 4) is 11.3 Å². The molecular weight excluding hydrogens is 206 g/mol. The molecule has 1 aliphatic carbocycles. The summed E-state index contributed by atoms with van der Waals surface area (Å²) in [7, 11) is 0. The second-order valence-electron chi connectivity index (χ2n) is 4.18. The van der Waals surface area contributed by atoms with Crippen LogP contribution in [0.5, 0.6) is 0 Å². The SMILES string of the molecule is [2H]C([2H])([2H])c1ccc(-c2cc3c(cn2)C([2H])([2H])CC3([2H])[2H])c(C)c1. The summed E-state index contributed by atoms with van der Waals surface area (Å²) < 4.78 is 54.5. The molecule has 1 aromatic heterocycles. The van der Waals surface area contributed by atoms with Gasteiger partial charge >= 0.3 is 0 Å². The highest BCUT2D eigenvalue weighted by Gasteiger charge is 2.13. The Hall–Kier alpha value is -1.63. The lowest BCUT2D eigenvalue weighted by atomic mass is 10.0. The van der Waals surface area contributed by atoms with Gasteiger partial charge in [-0.2, -0.15) is 0 Å². The van der Waals surface area contributed by atoms with Crippen LogP contribution in [0.3, 0.4) is 0 Å². The minimum Gasteiger partial charge on any atom is -0.256 e. The van der Waals surface area contributed by atoms with E-state index in [1.165, 1.54) is 12.3 Å². The minimum atomic E-state index is -2.18. The number of pyridine rings is 1. The van der Waals surface area contributed by atoms with Crippen LogP contribution >= 0.6 is 0 Å². The van der Waals surface area contributed by atoms with Gasteiger partial charge in [0.1, 0.15) is 0 Å². The summed E-state index contributed by atoms with van der Waals surface area (Å²) in [6, 6.07) is 6.37. The number of aromatic nitrogens is 1. The summed E-state index contributed by atoms with van der Waals surface area (Å²) in [6.45, 7) is -0.393. The third kappa shape index (κ3) is 1.86. The standard InChI is InChI=1S/C16H17N/c1-11-6-7-15(12(2)8-11)16-9-13-4-3-5-14(13)10-17-16/h6-10H,3-5H2,1-2H3/i1D3,4D2,5D2. The summed E-state index contributed by atoms with van der Waals surface area (Å²) in [5, 5.41) is 0. The molecule has 2 aromatic rings. The van der Waals surface area contributed by atoms with Crippen molar-refractivity contribution in [3.05, 3.63) is 52.7 Å². The number of hydrogen-bond acceptors (Lipinski definition) is 1. The van der Waals surface area contributed by atoms with E-state index in [1.807, 2.05) is 0 Å². The van der Waals surface area contributed by atoms with Gasteiger partial charge in [-0.3, -0.25) is 4.98 Å². The van der Waals surface area contributed by atoms with Gasteiger partial charge in [-0.15, -0.1) is 0 Å². The molecule has 1 nitrogen and oxygen atoms in total. The Bertz CT molecular complexity index is 809. The number of aryl methyl sites for hydroxylation is 4. The third-order valence-electron chi connectivity index (χ3n) is 2.96. The van der Waals surface area contributed by atoms with Crippen LogP contribution in [-0.2, 0) is 12.7 Å². The molecule has 0 amide bonds. The molecule has 86 valence electrons. The van der Waals surface area contributed by atoms with Gasteiger partial charge in [0.2, 0.25) is 0 Å². The van der Waals surface area contributed by atoms with Crippen LogP contribution in [0.2, 0.25) is 0 Å². The highest BCUT2D eigenvalue weighted by Crippen LogP contribution is 2.28. The Morgan fingerprint density at radius 2 is 2.12 bits per heavy atom. The second kappa shape index (κ2) is 3.99. The first-order chi connectivity index (χ1) is 10.9. The summed E-state index contributed by atoms with van der Waals surface area (Å²) in [5.41, 5.74) is 2.82. The zero-order valence-corrected chi connectivity index (χ0v) is 9.54. The number of nitrogens with zero attached hydrogens (tertiary/aromatic N) is 1. The maximum absolute atomic E-state index is 8.08. The van der Waals surface area contributed by atoms with E-state index in [0.717, 1.165) is 5.56 Å². The Morgan fingerprint density at radius 3 is 2.94 bits per heavy atom. The first kappa shape index (κ1) is 5.34. The molecule has 17 heavy (non-hydrogen) atoms. The lowest BCUT2D eigenvalue weighted by Gasteiger charge is -2.08. The van der Waals surface area contributed by atoms with Crippen LogP contribution in [0, 0.1) is 13.8 Å². The maximum Gasteiger partial charge on any atom is 0.0707 e. The van der Waals surface area contributed by atoms with Crippen molar-refractivity contribution >= 4 is 0 Å². The van der Waals surface area contributed by atoms with Gasteiger partial charge in [0.15, 0.2) is 0 Å². The molecule has 0 spiro atoms. The van der Waals surface area contributed by atoms with E-state index in [2.05, 4.69) is 4.98 Å². The number of fused-ring (bicyclic) bond motifs is 1. The molecule has 0 saturated carbocycles. The molecule has 1 heteroatoms. The van der Waals surface area contributed by atoms with Gasteiger partial charge in [0.05, 0.1) is 5.69 Å². The van der Waals surface area contributed by atoms with Gasteiger partial charge < -0.3 is 0 Å². The fraction of sp³-hybridized carbons (Fsp3) is 0.312. The van der Waals surface area contributed by atoms with Gasteiger partial charge in [-0.1, -0.05) is 23.8 Å². The molecule has 1 aromatic carbocycles. The normalized spacial score (nSPS) is 26.5. The summed E-state index contributed by atoms with van der Waals surface area (Å²) in [4.78, 5) is 4.29. The molecule has 0 N–H and O–H groups in total. The summed E-state index contributed by atoms with van der Waals surface area (Å²) in [5.74, 6) is 0. The highest BCUT2D eigenvalue weighted by molar-refractivity contribution is 5.65. The number of rotatable bonds is 1. The Labute approximate surface area is 112 Å². The molecule has 0 fully saturated rings. The lowest BCUT2D eigenvalue weighted by molar-refractivity contribution is 0.911. The molecule has 0 aliphatic heterocycles. The van der Waals surface area contributed by atoms with E-state index in [0.29, 0.717) is 16.8 Å². The van der Waals surface area contributed by atoms with Crippen LogP contribution in [0.25, 0.3) is 11.3 Å². The molecule has 1 heterocycles. The van der Waals surface area contributed by atoms with Gasteiger partial charge in [0, 0.05) is 21.4 Å². The molecule has 0 unspecified atom stereocenters. The molecule has 0 bridgehead atoms. The number of benzene rings is 1. The van der Waals surface area contributed by atoms with E-state index < -0.39 is 19.6 Å². The monoisotopic (exact) mass is 230 g/mol. The Balaban J connectivity index is 2.10. The summed E-state index contributed by atoms with van der Waals surface area (Å²) in [6.07, 6.45) is -2.31. The van der Waals surface area contributed by atoms with Crippen LogP contribution < -0.4 is 0 Å². The summed E-state index contributed by atoms with van der Waals surface area (Å²) >= 11 is 0. The average Bonchev–Trinajstić information content (AvgIpc) is 2.62. The number of hydrogen-bond donors (Lipinski definition) is 0. The van der Waals surface area contributed by atoms with E-state index in [4.69, 9.17) is 9.60 Å². The highest BCUT2D eigenvalue weighted by atomic mass is 14.7. The zero-order valence-electron chi connectivity index (χ0n) is 16.5. The molecule has 0 atom stereocenters. The van der Waals surface area contributed by atoms with Gasteiger partial charge in [-0.05, 0) is 55.7 Å². The van der Waals surface area contributed by atoms with E-state index in [1.54, 1.807) is 25.1 Å². The molecule has 0 saturated heterocycles. The van der Waals surface area contributed by atoms with E-state index in [-0.39, 0.29) is 17.5 Å². The van der Waals surface area contributed by atoms with Crippen molar-refractivity contribution in [2.45, 2.75) is 32.9 Å².